The molecule has 1 rings (SSSR count). The first-order valence-electron chi connectivity index (χ1n) is 5.73. The van der Waals surface area contributed by atoms with Gasteiger partial charge in [0.15, 0.2) is 0 Å². The Labute approximate surface area is 91.9 Å². The van der Waals surface area contributed by atoms with Crippen LogP contribution in [0.4, 0.5) is 0 Å². The summed E-state index contributed by atoms with van der Waals surface area (Å²) < 4.78 is 0. The maximum atomic E-state index is 9.48. The quantitative estimate of drug-likeness (QED) is 0.668. The van der Waals surface area contributed by atoms with Gasteiger partial charge < -0.3 is 10.4 Å². The molecule has 2 unspecified atom stereocenters. The molecule has 0 radical (unpaired) electrons. The van der Waals surface area contributed by atoms with Gasteiger partial charge >= 0.3 is 0 Å². The highest BCUT2D eigenvalue weighted by Crippen LogP contribution is 2.18. The fourth-order valence-electron chi connectivity index (χ4n) is 2.03. The molecule has 0 aromatic rings. The van der Waals surface area contributed by atoms with Crippen molar-refractivity contribution in [2.24, 2.45) is 0 Å². The first-order valence-corrected chi connectivity index (χ1v) is 7.12. The van der Waals surface area contributed by atoms with Gasteiger partial charge in [0, 0.05) is 6.04 Å². The number of unbranched alkanes of at least 4 members (excludes halogenated alkanes) is 1. The van der Waals surface area contributed by atoms with Crippen LogP contribution in [0.5, 0.6) is 0 Å². The van der Waals surface area contributed by atoms with Crippen molar-refractivity contribution >= 4 is 11.8 Å². The van der Waals surface area contributed by atoms with Gasteiger partial charge in [-0.25, -0.2) is 0 Å². The van der Waals surface area contributed by atoms with Crippen molar-refractivity contribution in [3.05, 3.63) is 0 Å². The van der Waals surface area contributed by atoms with Gasteiger partial charge in [-0.2, -0.15) is 11.8 Å². The zero-order valence-electron chi connectivity index (χ0n) is 9.17. The normalized spacial score (nSPS) is 27.9. The fraction of sp³-hybridized carbons (Fsp3) is 1.00. The topological polar surface area (TPSA) is 32.3 Å². The van der Waals surface area contributed by atoms with E-state index >= 15 is 0 Å². The number of hydrogen-bond donors (Lipinski definition) is 2. The van der Waals surface area contributed by atoms with Gasteiger partial charge in [0.2, 0.25) is 0 Å². The van der Waals surface area contributed by atoms with Crippen LogP contribution in [0.3, 0.4) is 0 Å². The van der Waals surface area contributed by atoms with Crippen LogP contribution in [0.25, 0.3) is 0 Å². The highest BCUT2D eigenvalue weighted by atomic mass is 32.2. The van der Waals surface area contributed by atoms with Crippen molar-refractivity contribution in [3.8, 4) is 0 Å². The molecular weight excluding hydrogens is 194 g/mol. The second kappa shape index (κ2) is 7.55. The maximum Gasteiger partial charge on any atom is 0.0555 e. The average molecular weight is 217 g/mol. The Balaban J connectivity index is 1.95. The molecule has 1 saturated carbocycles. The lowest BCUT2D eigenvalue weighted by atomic mass is 9.93. The van der Waals surface area contributed by atoms with Crippen LogP contribution >= 0.6 is 11.8 Å². The Morgan fingerprint density at radius 1 is 1.36 bits per heavy atom. The van der Waals surface area contributed by atoms with Crippen molar-refractivity contribution in [3.63, 3.8) is 0 Å². The largest absolute Gasteiger partial charge is 0.393 e. The highest BCUT2D eigenvalue weighted by Gasteiger charge is 2.18. The number of hydrogen-bond acceptors (Lipinski definition) is 3. The number of thioether (sulfide) groups is 1. The van der Waals surface area contributed by atoms with Crippen molar-refractivity contribution < 1.29 is 5.11 Å². The third kappa shape index (κ3) is 5.23. The molecule has 1 aliphatic rings. The minimum Gasteiger partial charge on any atom is -0.393 e. The minimum absolute atomic E-state index is 0.0487. The molecule has 14 heavy (non-hydrogen) atoms. The summed E-state index contributed by atoms with van der Waals surface area (Å²) in [7, 11) is 0. The molecule has 2 atom stereocenters. The molecular formula is C11H23NOS. The molecule has 0 aromatic heterocycles. The van der Waals surface area contributed by atoms with E-state index in [9.17, 15) is 5.11 Å². The second-order valence-corrected chi connectivity index (χ2v) is 5.16. The van der Waals surface area contributed by atoms with E-state index in [1.807, 2.05) is 11.8 Å². The van der Waals surface area contributed by atoms with Gasteiger partial charge in [0.1, 0.15) is 0 Å². The van der Waals surface area contributed by atoms with Crippen LogP contribution in [0, 0.1) is 0 Å². The van der Waals surface area contributed by atoms with E-state index < -0.39 is 0 Å². The van der Waals surface area contributed by atoms with Crippen molar-refractivity contribution in [1.29, 1.82) is 0 Å². The third-order valence-corrected chi connectivity index (χ3v) is 3.55. The van der Waals surface area contributed by atoms with Gasteiger partial charge in [0.25, 0.3) is 0 Å². The zero-order chi connectivity index (χ0) is 10.2. The molecule has 0 amide bonds. The first-order chi connectivity index (χ1) is 6.83. The lowest BCUT2D eigenvalue weighted by Crippen LogP contribution is -2.36. The third-order valence-electron chi connectivity index (χ3n) is 2.85. The maximum absolute atomic E-state index is 9.48. The molecule has 0 heterocycles. The van der Waals surface area contributed by atoms with Gasteiger partial charge in [-0.05, 0) is 57.1 Å². The van der Waals surface area contributed by atoms with Gasteiger partial charge in [-0.3, -0.25) is 0 Å². The molecule has 2 nitrogen and oxygen atoms in total. The molecule has 0 aliphatic heterocycles. The van der Waals surface area contributed by atoms with Crippen LogP contribution in [-0.4, -0.2) is 35.8 Å². The second-order valence-electron chi connectivity index (χ2n) is 4.17. The summed E-state index contributed by atoms with van der Waals surface area (Å²) in [6, 6.07) is 0.577. The summed E-state index contributed by atoms with van der Waals surface area (Å²) in [6.07, 6.45) is 9.09. The molecule has 2 N–H and O–H groups in total. The van der Waals surface area contributed by atoms with Gasteiger partial charge in [0.05, 0.1) is 6.10 Å². The van der Waals surface area contributed by atoms with E-state index in [0.717, 1.165) is 19.4 Å². The van der Waals surface area contributed by atoms with E-state index in [-0.39, 0.29) is 6.10 Å². The number of rotatable bonds is 6. The molecule has 0 saturated heterocycles. The number of aliphatic hydroxyl groups excluding tert-OH is 1. The Bertz CT molecular complexity index is 143. The SMILES string of the molecule is CSCCCCNC1CCCC(O)C1. The molecule has 1 aliphatic carbocycles. The predicted molar refractivity (Wildman–Crippen MR) is 63.9 cm³/mol. The lowest BCUT2D eigenvalue weighted by Gasteiger charge is -2.26. The van der Waals surface area contributed by atoms with Crippen molar-refractivity contribution in [1.82, 2.24) is 5.32 Å². The Hall–Kier alpha value is 0.270. The summed E-state index contributed by atoms with van der Waals surface area (Å²) in [6.45, 7) is 1.12. The molecule has 3 heteroatoms. The zero-order valence-corrected chi connectivity index (χ0v) is 9.98. The molecule has 0 bridgehead atoms. The monoisotopic (exact) mass is 217 g/mol. The predicted octanol–water partition coefficient (Wildman–Crippen LogP) is 2.02. The standard InChI is InChI=1S/C11H23NOS/c1-14-8-3-2-7-12-10-5-4-6-11(13)9-10/h10-13H,2-9H2,1H3. The van der Waals surface area contributed by atoms with Crippen LogP contribution in [0.15, 0.2) is 0 Å². The first kappa shape index (κ1) is 12.3. The van der Waals surface area contributed by atoms with E-state index in [0.29, 0.717) is 6.04 Å². The number of nitrogens with one attached hydrogen (secondary N) is 1. The summed E-state index contributed by atoms with van der Waals surface area (Å²) in [5.41, 5.74) is 0. The van der Waals surface area contributed by atoms with Crippen LogP contribution < -0.4 is 5.32 Å². The Morgan fingerprint density at radius 3 is 2.93 bits per heavy atom. The molecule has 84 valence electrons. The summed E-state index contributed by atoms with van der Waals surface area (Å²) >= 11 is 1.92. The number of aliphatic hydroxyl groups is 1. The van der Waals surface area contributed by atoms with Gasteiger partial charge in [-0.15, -0.1) is 0 Å². The fourth-order valence-corrected chi connectivity index (χ4v) is 2.52. The lowest BCUT2D eigenvalue weighted by molar-refractivity contribution is 0.112. The highest BCUT2D eigenvalue weighted by molar-refractivity contribution is 7.98. The average Bonchev–Trinajstić information content (AvgIpc) is 2.18. The molecule has 1 fully saturated rings. The van der Waals surface area contributed by atoms with Crippen molar-refractivity contribution in [2.75, 3.05) is 18.6 Å². The van der Waals surface area contributed by atoms with E-state index in [4.69, 9.17) is 0 Å². The molecule has 0 aromatic carbocycles. The van der Waals surface area contributed by atoms with Crippen LogP contribution in [0.1, 0.15) is 38.5 Å². The summed E-state index contributed by atoms with van der Waals surface area (Å²) in [4.78, 5) is 0. The summed E-state index contributed by atoms with van der Waals surface area (Å²) in [5.74, 6) is 1.27. The van der Waals surface area contributed by atoms with Gasteiger partial charge in [-0.1, -0.05) is 0 Å². The van der Waals surface area contributed by atoms with Crippen LogP contribution in [-0.2, 0) is 0 Å². The van der Waals surface area contributed by atoms with E-state index in [2.05, 4.69) is 11.6 Å². The summed E-state index contributed by atoms with van der Waals surface area (Å²) in [5, 5.41) is 13.0. The van der Waals surface area contributed by atoms with E-state index in [1.54, 1.807) is 0 Å². The minimum atomic E-state index is -0.0487. The van der Waals surface area contributed by atoms with Crippen LogP contribution in [0.2, 0.25) is 0 Å². The Kier molecular flexibility index (Phi) is 6.65. The Morgan fingerprint density at radius 2 is 2.21 bits per heavy atom. The van der Waals surface area contributed by atoms with Crippen molar-refractivity contribution in [2.45, 2.75) is 50.7 Å². The molecule has 0 spiro atoms. The van der Waals surface area contributed by atoms with E-state index in [1.165, 1.54) is 31.4 Å². The smallest absolute Gasteiger partial charge is 0.0555 e.